The molecule has 0 fully saturated rings. The topological polar surface area (TPSA) is 59.2 Å². The van der Waals surface area contributed by atoms with Gasteiger partial charge in [0.1, 0.15) is 5.82 Å². The first-order chi connectivity index (χ1) is 8.95. The summed E-state index contributed by atoms with van der Waals surface area (Å²) in [5, 5.41) is 0. The first kappa shape index (κ1) is 13.8. The van der Waals surface area contributed by atoms with Crippen molar-refractivity contribution in [2.45, 2.75) is 13.5 Å². The number of thiophene rings is 1. The number of carbonyl (C=O) groups excluding carboxylic acids is 1. The van der Waals surface area contributed by atoms with Crippen LogP contribution in [0, 0.1) is 6.92 Å². The second-order valence-electron chi connectivity index (χ2n) is 4.29. The lowest BCUT2D eigenvalue weighted by atomic mass is 10.2. The van der Waals surface area contributed by atoms with Crippen molar-refractivity contribution in [2.24, 2.45) is 0 Å². The maximum absolute atomic E-state index is 12.3. The van der Waals surface area contributed by atoms with Gasteiger partial charge in [0.2, 0.25) is 0 Å². The van der Waals surface area contributed by atoms with E-state index in [0.717, 1.165) is 14.9 Å². The van der Waals surface area contributed by atoms with Crippen LogP contribution in [0.3, 0.4) is 0 Å². The third-order valence-electron chi connectivity index (χ3n) is 2.59. The number of rotatable bonds is 3. The molecule has 0 aromatic carbocycles. The Hall–Kier alpha value is -1.59. The van der Waals surface area contributed by atoms with Crippen molar-refractivity contribution in [1.29, 1.82) is 0 Å². The fraction of sp³-hybridized carbons (Fsp3) is 0.231. The molecule has 2 N–H and O–H groups in total. The van der Waals surface area contributed by atoms with E-state index in [-0.39, 0.29) is 5.91 Å². The Morgan fingerprint density at radius 1 is 1.47 bits per heavy atom. The van der Waals surface area contributed by atoms with Crippen molar-refractivity contribution in [1.82, 2.24) is 9.88 Å². The molecule has 0 radical (unpaired) electrons. The van der Waals surface area contributed by atoms with Crippen LogP contribution in [0.15, 0.2) is 24.3 Å². The SMILES string of the molecule is Cc1cc(C(=O)N(C)Cc2ccc(Cl)s2)cc(N)n1. The number of anilines is 1. The van der Waals surface area contributed by atoms with Gasteiger partial charge in [-0.25, -0.2) is 4.98 Å². The van der Waals surface area contributed by atoms with Crippen molar-refractivity contribution in [2.75, 3.05) is 12.8 Å². The standard InChI is InChI=1S/C13H14ClN3OS/c1-8-5-9(6-12(15)16-8)13(18)17(2)7-10-3-4-11(14)19-10/h3-6H,7H2,1-2H3,(H2,15,16). The lowest BCUT2D eigenvalue weighted by Gasteiger charge is -2.16. The van der Waals surface area contributed by atoms with Crippen LogP contribution in [0.5, 0.6) is 0 Å². The monoisotopic (exact) mass is 295 g/mol. The number of carbonyl (C=O) groups is 1. The molecule has 0 aliphatic carbocycles. The van der Waals surface area contributed by atoms with Crippen molar-refractivity contribution in [3.8, 4) is 0 Å². The highest BCUT2D eigenvalue weighted by Crippen LogP contribution is 2.23. The van der Waals surface area contributed by atoms with Crippen molar-refractivity contribution in [3.05, 3.63) is 44.7 Å². The minimum absolute atomic E-state index is 0.0817. The van der Waals surface area contributed by atoms with Crippen molar-refractivity contribution < 1.29 is 4.79 Å². The molecule has 0 saturated heterocycles. The summed E-state index contributed by atoms with van der Waals surface area (Å²) in [6.45, 7) is 2.34. The summed E-state index contributed by atoms with van der Waals surface area (Å²) in [5.41, 5.74) is 6.94. The molecule has 0 saturated carbocycles. The largest absolute Gasteiger partial charge is 0.384 e. The summed E-state index contributed by atoms with van der Waals surface area (Å²) in [6, 6.07) is 7.07. The van der Waals surface area contributed by atoms with Gasteiger partial charge in [-0.1, -0.05) is 11.6 Å². The van der Waals surface area contributed by atoms with Gasteiger partial charge < -0.3 is 10.6 Å². The minimum Gasteiger partial charge on any atom is -0.384 e. The van der Waals surface area contributed by atoms with Gasteiger partial charge in [-0.15, -0.1) is 11.3 Å². The zero-order valence-electron chi connectivity index (χ0n) is 10.7. The number of pyridine rings is 1. The van der Waals surface area contributed by atoms with Gasteiger partial charge >= 0.3 is 0 Å². The predicted molar refractivity (Wildman–Crippen MR) is 78.5 cm³/mol. The van der Waals surface area contributed by atoms with Crippen LogP contribution >= 0.6 is 22.9 Å². The zero-order chi connectivity index (χ0) is 14.0. The average molecular weight is 296 g/mol. The van der Waals surface area contributed by atoms with Crippen LogP contribution in [-0.2, 0) is 6.54 Å². The molecule has 0 atom stereocenters. The van der Waals surface area contributed by atoms with Gasteiger partial charge in [-0.05, 0) is 31.2 Å². The fourth-order valence-electron chi connectivity index (χ4n) is 1.78. The second kappa shape index (κ2) is 5.59. The molecule has 2 aromatic heterocycles. The summed E-state index contributed by atoms with van der Waals surface area (Å²) in [5.74, 6) is 0.276. The Bertz CT molecular complexity index is 591. The molecule has 2 heterocycles. The van der Waals surface area contributed by atoms with Crippen LogP contribution in [-0.4, -0.2) is 22.8 Å². The van der Waals surface area contributed by atoms with Gasteiger partial charge in [0.15, 0.2) is 0 Å². The molecular weight excluding hydrogens is 282 g/mol. The first-order valence-electron chi connectivity index (χ1n) is 5.69. The molecule has 19 heavy (non-hydrogen) atoms. The maximum atomic E-state index is 12.3. The number of amides is 1. The molecule has 4 nitrogen and oxygen atoms in total. The summed E-state index contributed by atoms with van der Waals surface area (Å²) < 4.78 is 0.722. The number of nitrogens with two attached hydrogens (primary N) is 1. The third-order valence-corrected chi connectivity index (χ3v) is 3.80. The molecule has 100 valence electrons. The number of hydrogen-bond donors (Lipinski definition) is 1. The van der Waals surface area contributed by atoms with E-state index >= 15 is 0 Å². The number of nitrogens with zero attached hydrogens (tertiary/aromatic N) is 2. The molecule has 6 heteroatoms. The van der Waals surface area contributed by atoms with Gasteiger partial charge in [-0.2, -0.15) is 0 Å². The third kappa shape index (κ3) is 3.45. The Morgan fingerprint density at radius 3 is 2.79 bits per heavy atom. The molecule has 2 rings (SSSR count). The Kier molecular flexibility index (Phi) is 4.07. The number of halogens is 1. The van der Waals surface area contributed by atoms with Crippen molar-refractivity contribution in [3.63, 3.8) is 0 Å². The first-order valence-corrected chi connectivity index (χ1v) is 6.89. The lowest BCUT2D eigenvalue weighted by molar-refractivity contribution is 0.0786. The van der Waals surface area contributed by atoms with Crippen LogP contribution in [0.1, 0.15) is 20.9 Å². The van der Waals surface area contributed by atoms with E-state index in [2.05, 4.69) is 4.98 Å². The van der Waals surface area contributed by atoms with E-state index in [0.29, 0.717) is 17.9 Å². The zero-order valence-corrected chi connectivity index (χ0v) is 12.3. The second-order valence-corrected chi connectivity index (χ2v) is 6.09. The van der Waals surface area contributed by atoms with E-state index in [1.54, 1.807) is 24.1 Å². The minimum atomic E-state index is -0.0817. The lowest BCUT2D eigenvalue weighted by Crippen LogP contribution is -2.26. The summed E-state index contributed by atoms with van der Waals surface area (Å²) >= 11 is 7.34. The highest BCUT2D eigenvalue weighted by Gasteiger charge is 2.14. The van der Waals surface area contributed by atoms with Crippen LogP contribution in [0.4, 0.5) is 5.82 Å². The normalized spacial score (nSPS) is 10.5. The van der Waals surface area contributed by atoms with Crippen LogP contribution < -0.4 is 5.73 Å². The molecule has 0 unspecified atom stereocenters. The van der Waals surface area contributed by atoms with Crippen molar-refractivity contribution >= 4 is 34.7 Å². The van der Waals surface area contributed by atoms with E-state index in [1.165, 1.54) is 11.3 Å². The maximum Gasteiger partial charge on any atom is 0.254 e. The number of aromatic nitrogens is 1. The molecule has 1 amide bonds. The fourth-order valence-corrected chi connectivity index (χ4v) is 2.92. The van der Waals surface area contributed by atoms with Gasteiger partial charge in [-0.3, -0.25) is 4.79 Å². The van der Waals surface area contributed by atoms with Gasteiger partial charge in [0.05, 0.1) is 10.9 Å². The Balaban J connectivity index is 2.14. The highest BCUT2D eigenvalue weighted by atomic mass is 35.5. The Labute approximate surface area is 120 Å². The molecule has 2 aromatic rings. The molecule has 0 spiro atoms. The summed E-state index contributed by atoms with van der Waals surface area (Å²) in [4.78, 5) is 19.0. The molecule has 0 aliphatic heterocycles. The van der Waals surface area contributed by atoms with Gasteiger partial charge in [0.25, 0.3) is 5.91 Å². The number of nitrogen functional groups attached to an aromatic ring is 1. The molecule has 0 aliphatic rings. The summed E-state index contributed by atoms with van der Waals surface area (Å²) in [7, 11) is 1.75. The van der Waals surface area contributed by atoms with E-state index in [4.69, 9.17) is 17.3 Å². The van der Waals surface area contributed by atoms with E-state index in [9.17, 15) is 4.79 Å². The molecular formula is C13H14ClN3OS. The number of hydrogen-bond acceptors (Lipinski definition) is 4. The molecule has 0 bridgehead atoms. The Morgan fingerprint density at radius 2 is 2.21 bits per heavy atom. The predicted octanol–water partition coefficient (Wildman–Crippen LogP) is 2.96. The number of aryl methyl sites for hydroxylation is 1. The average Bonchev–Trinajstić information content (AvgIpc) is 2.72. The van der Waals surface area contributed by atoms with Gasteiger partial charge in [0, 0.05) is 23.2 Å². The summed E-state index contributed by atoms with van der Waals surface area (Å²) in [6.07, 6.45) is 0. The quantitative estimate of drug-likeness (QED) is 0.947. The van der Waals surface area contributed by atoms with E-state index in [1.807, 2.05) is 19.1 Å². The smallest absolute Gasteiger partial charge is 0.254 e. The van der Waals surface area contributed by atoms with E-state index < -0.39 is 0 Å². The van der Waals surface area contributed by atoms with Crippen LogP contribution in [0.25, 0.3) is 0 Å². The highest BCUT2D eigenvalue weighted by molar-refractivity contribution is 7.16. The van der Waals surface area contributed by atoms with Crippen LogP contribution in [0.2, 0.25) is 4.34 Å².